The normalized spacial score (nSPS) is 18.8. The molecular formula is C18H26ClN3O3. The van der Waals surface area contributed by atoms with E-state index in [-0.39, 0.29) is 18.5 Å². The highest BCUT2D eigenvalue weighted by atomic mass is 35.5. The molecule has 2 rings (SSSR count). The summed E-state index contributed by atoms with van der Waals surface area (Å²) in [7, 11) is 1.85. The van der Waals surface area contributed by atoms with Gasteiger partial charge in [-0.1, -0.05) is 23.7 Å². The van der Waals surface area contributed by atoms with Gasteiger partial charge in [-0.15, -0.1) is 0 Å². The Morgan fingerprint density at radius 3 is 2.68 bits per heavy atom. The van der Waals surface area contributed by atoms with Gasteiger partial charge in [-0.05, 0) is 50.6 Å². The molecule has 0 aliphatic carbocycles. The van der Waals surface area contributed by atoms with Crippen LogP contribution in [0.25, 0.3) is 0 Å². The fraction of sp³-hybridized carbons (Fsp3) is 0.556. The summed E-state index contributed by atoms with van der Waals surface area (Å²) in [5.41, 5.74) is 1.02. The topological polar surface area (TPSA) is 72.9 Å². The summed E-state index contributed by atoms with van der Waals surface area (Å²) in [5.74, 6) is -0.794. The number of amides is 1. The van der Waals surface area contributed by atoms with Gasteiger partial charge >= 0.3 is 5.97 Å². The van der Waals surface area contributed by atoms with E-state index in [9.17, 15) is 9.59 Å². The molecule has 0 radical (unpaired) electrons. The molecule has 6 nitrogen and oxygen atoms in total. The van der Waals surface area contributed by atoms with Gasteiger partial charge < -0.3 is 10.4 Å². The van der Waals surface area contributed by atoms with Crippen molar-refractivity contribution in [3.05, 3.63) is 34.9 Å². The molecule has 0 saturated carbocycles. The lowest BCUT2D eigenvalue weighted by Crippen LogP contribution is -2.39. The second-order valence-electron chi connectivity index (χ2n) is 6.57. The second-order valence-corrected chi connectivity index (χ2v) is 7.01. The number of halogens is 1. The van der Waals surface area contributed by atoms with Crippen molar-refractivity contribution >= 4 is 23.5 Å². The van der Waals surface area contributed by atoms with Crippen LogP contribution < -0.4 is 5.32 Å². The number of likely N-dealkylation sites (N-methyl/N-ethyl adjacent to an activating group) is 1. The Balaban J connectivity index is 1.74. The van der Waals surface area contributed by atoms with Crippen molar-refractivity contribution in [1.82, 2.24) is 15.1 Å². The fourth-order valence-corrected chi connectivity index (χ4v) is 3.27. The zero-order chi connectivity index (χ0) is 18.2. The Hall–Kier alpha value is -1.63. The van der Waals surface area contributed by atoms with Gasteiger partial charge in [0.2, 0.25) is 5.91 Å². The molecule has 1 aliphatic heterocycles. The maximum Gasteiger partial charge on any atom is 0.317 e. The Labute approximate surface area is 153 Å². The minimum atomic E-state index is -0.801. The third-order valence-electron chi connectivity index (χ3n) is 4.57. The van der Waals surface area contributed by atoms with Gasteiger partial charge in [0.15, 0.2) is 0 Å². The summed E-state index contributed by atoms with van der Waals surface area (Å²) in [6.45, 7) is 2.61. The van der Waals surface area contributed by atoms with Crippen molar-refractivity contribution in [3.63, 3.8) is 0 Å². The molecule has 2 N–H and O–H groups in total. The first kappa shape index (κ1) is 19.7. The van der Waals surface area contributed by atoms with E-state index < -0.39 is 5.97 Å². The predicted octanol–water partition coefficient (Wildman–Crippen LogP) is 1.83. The van der Waals surface area contributed by atoms with Crippen LogP contribution in [0.2, 0.25) is 5.02 Å². The molecule has 138 valence electrons. The van der Waals surface area contributed by atoms with Crippen LogP contribution in [0.4, 0.5) is 0 Å². The van der Waals surface area contributed by atoms with Crippen molar-refractivity contribution in [2.24, 2.45) is 0 Å². The highest BCUT2D eigenvalue weighted by Crippen LogP contribution is 2.15. The molecular weight excluding hydrogens is 342 g/mol. The lowest BCUT2D eigenvalue weighted by molar-refractivity contribution is -0.138. The molecule has 1 saturated heterocycles. The van der Waals surface area contributed by atoms with Crippen LogP contribution in [0.5, 0.6) is 0 Å². The van der Waals surface area contributed by atoms with Crippen LogP contribution in [0, 0.1) is 0 Å². The first-order chi connectivity index (χ1) is 11.9. The van der Waals surface area contributed by atoms with Crippen molar-refractivity contribution in [1.29, 1.82) is 0 Å². The first-order valence-electron chi connectivity index (χ1n) is 8.59. The van der Waals surface area contributed by atoms with E-state index in [0.29, 0.717) is 18.1 Å². The van der Waals surface area contributed by atoms with Crippen molar-refractivity contribution in [2.45, 2.75) is 31.8 Å². The highest BCUT2D eigenvalue weighted by Gasteiger charge is 2.22. The van der Waals surface area contributed by atoms with Gasteiger partial charge in [0, 0.05) is 24.2 Å². The summed E-state index contributed by atoms with van der Waals surface area (Å²) in [6.07, 6.45) is 2.82. The van der Waals surface area contributed by atoms with Crippen LogP contribution in [-0.2, 0) is 16.1 Å². The molecule has 0 bridgehead atoms. The average Bonchev–Trinajstić information content (AvgIpc) is 2.79. The lowest BCUT2D eigenvalue weighted by atomic mass is 10.1. The molecule has 0 spiro atoms. The summed E-state index contributed by atoms with van der Waals surface area (Å²) >= 11 is 5.85. The average molecular weight is 368 g/mol. The number of hydrogen-bond acceptors (Lipinski definition) is 4. The van der Waals surface area contributed by atoms with Crippen molar-refractivity contribution in [2.75, 3.05) is 33.2 Å². The van der Waals surface area contributed by atoms with E-state index in [1.165, 1.54) is 0 Å². The molecule has 1 heterocycles. The zero-order valence-electron chi connectivity index (χ0n) is 14.6. The van der Waals surface area contributed by atoms with Crippen LogP contribution >= 0.6 is 11.6 Å². The Bertz CT molecular complexity index is 579. The van der Waals surface area contributed by atoms with Crippen LogP contribution in [0.1, 0.15) is 24.8 Å². The van der Waals surface area contributed by atoms with Crippen LogP contribution in [0.15, 0.2) is 24.3 Å². The Morgan fingerprint density at radius 2 is 2.00 bits per heavy atom. The van der Waals surface area contributed by atoms with E-state index >= 15 is 0 Å². The number of nitrogens with one attached hydrogen (secondary N) is 1. The zero-order valence-corrected chi connectivity index (χ0v) is 15.3. The molecule has 1 aliphatic rings. The second kappa shape index (κ2) is 9.75. The molecule has 1 aromatic carbocycles. The van der Waals surface area contributed by atoms with Gasteiger partial charge in [-0.25, -0.2) is 0 Å². The van der Waals surface area contributed by atoms with E-state index in [1.807, 2.05) is 36.2 Å². The molecule has 1 fully saturated rings. The third kappa shape index (κ3) is 7.02. The van der Waals surface area contributed by atoms with Gasteiger partial charge in [0.05, 0.1) is 13.1 Å². The molecule has 1 amide bonds. The largest absolute Gasteiger partial charge is 0.480 e. The fourth-order valence-electron chi connectivity index (χ4n) is 3.14. The molecule has 1 aromatic rings. The van der Waals surface area contributed by atoms with Gasteiger partial charge in [-0.3, -0.25) is 19.4 Å². The maximum absolute atomic E-state index is 12.2. The van der Waals surface area contributed by atoms with E-state index in [1.54, 1.807) is 0 Å². The number of aliphatic carboxylic acids is 1. The standard InChI is InChI=1S/C18H26ClN3O3/c1-21(13-18(24)25)16-3-2-9-22(10-8-16)12-17(23)20-11-14-4-6-15(19)7-5-14/h4-7,16H,2-3,8-13H2,1H3,(H,20,23)(H,24,25). The van der Waals surface area contributed by atoms with E-state index in [2.05, 4.69) is 10.2 Å². The summed E-state index contributed by atoms with van der Waals surface area (Å²) < 4.78 is 0. The summed E-state index contributed by atoms with van der Waals surface area (Å²) in [5, 5.41) is 12.5. The first-order valence-corrected chi connectivity index (χ1v) is 8.97. The number of carboxylic acids is 1. The SMILES string of the molecule is CN(CC(=O)O)C1CCCN(CC(=O)NCc2ccc(Cl)cc2)CC1. The third-order valence-corrected chi connectivity index (χ3v) is 4.82. The van der Waals surface area contributed by atoms with Crippen molar-refractivity contribution < 1.29 is 14.7 Å². The van der Waals surface area contributed by atoms with Gasteiger partial charge in [0.25, 0.3) is 0 Å². The minimum absolute atomic E-state index is 0.00675. The molecule has 7 heteroatoms. The Morgan fingerprint density at radius 1 is 1.28 bits per heavy atom. The number of hydrogen-bond donors (Lipinski definition) is 2. The lowest BCUT2D eigenvalue weighted by Gasteiger charge is -2.25. The number of carbonyl (C=O) groups is 2. The summed E-state index contributed by atoms with van der Waals surface area (Å²) in [6, 6.07) is 7.68. The molecule has 1 unspecified atom stereocenters. The number of benzene rings is 1. The molecule has 0 aromatic heterocycles. The number of rotatable bonds is 7. The number of carbonyl (C=O) groups excluding carboxylic acids is 1. The number of carboxylic acid groups (broad SMARTS) is 1. The smallest absolute Gasteiger partial charge is 0.317 e. The van der Waals surface area contributed by atoms with Crippen LogP contribution in [-0.4, -0.2) is 66.1 Å². The summed E-state index contributed by atoms with van der Waals surface area (Å²) in [4.78, 5) is 27.0. The highest BCUT2D eigenvalue weighted by molar-refractivity contribution is 6.30. The predicted molar refractivity (Wildman–Crippen MR) is 97.6 cm³/mol. The quantitative estimate of drug-likeness (QED) is 0.769. The van der Waals surface area contributed by atoms with E-state index in [0.717, 1.165) is 37.9 Å². The van der Waals surface area contributed by atoms with Gasteiger partial charge in [-0.2, -0.15) is 0 Å². The Kier molecular flexibility index (Phi) is 7.68. The molecule has 25 heavy (non-hydrogen) atoms. The number of nitrogens with zero attached hydrogens (tertiary/aromatic N) is 2. The van der Waals surface area contributed by atoms with Crippen molar-refractivity contribution in [3.8, 4) is 0 Å². The monoisotopic (exact) mass is 367 g/mol. The van der Waals surface area contributed by atoms with Gasteiger partial charge in [0.1, 0.15) is 0 Å². The van der Waals surface area contributed by atoms with Crippen LogP contribution in [0.3, 0.4) is 0 Å². The minimum Gasteiger partial charge on any atom is -0.480 e. The molecule has 1 atom stereocenters. The number of likely N-dealkylation sites (tertiary alicyclic amines) is 1. The van der Waals surface area contributed by atoms with E-state index in [4.69, 9.17) is 16.7 Å². The maximum atomic E-state index is 12.2.